The van der Waals surface area contributed by atoms with Crippen molar-refractivity contribution in [2.75, 3.05) is 0 Å². The van der Waals surface area contributed by atoms with Gasteiger partial charge in [-0.25, -0.2) is 4.98 Å². The molecule has 2 unspecified atom stereocenters. The van der Waals surface area contributed by atoms with E-state index in [2.05, 4.69) is 43.1 Å². The van der Waals surface area contributed by atoms with Crippen LogP contribution in [0.5, 0.6) is 0 Å². The van der Waals surface area contributed by atoms with E-state index in [4.69, 9.17) is 0 Å². The van der Waals surface area contributed by atoms with E-state index in [-0.39, 0.29) is 0 Å². The summed E-state index contributed by atoms with van der Waals surface area (Å²) in [6, 6.07) is 1.09. The zero-order valence-corrected chi connectivity index (χ0v) is 10.1. The molecule has 0 aromatic carbocycles. The predicted octanol–water partition coefficient (Wildman–Crippen LogP) is 1.69. The SMILES string of the molecule is CC(CCn1cncn1)NC(C)C(C)C. The Labute approximate surface area is 92.1 Å². The van der Waals surface area contributed by atoms with E-state index in [1.165, 1.54) is 0 Å². The second-order valence-electron chi connectivity index (χ2n) is 4.55. The third kappa shape index (κ3) is 4.42. The van der Waals surface area contributed by atoms with Crippen LogP contribution in [0.3, 0.4) is 0 Å². The van der Waals surface area contributed by atoms with Gasteiger partial charge in [-0.3, -0.25) is 4.68 Å². The number of hydrogen-bond donors (Lipinski definition) is 1. The van der Waals surface area contributed by atoms with Crippen LogP contribution in [-0.4, -0.2) is 26.8 Å². The molecule has 1 heterocycles. The molecule has 4 heteroatoms. The summed E-state index contributed by atoms with van der Waals surface area (Å²) >= 11 is 0. The standard InChI is InChI=1S/C11H22N4/c1-9(2)11(4)14-10(3)5-6-15-8-12-7-13-15/h7-11,14H,5-6H2,1-4H3. The van der Waals surface area contributed by atoms with Gasteiger partial charge in [-0.2, -0.15) is 5.10 Å². The molecule has 1 rings (SSSR count). The summed E-state index contributed by atoms with van der Waals surface area (Å²) in [6.45, 7) is 9.86. The second-order valence-corrected chi connectivity index (χ2v) is 4.55. The molecule has 0 bridgehead atoms. The summed E-state index contributed by atoms with van der Waals surface area (Å²) < 4.78 is 1.87. The maximum absolute atomic E-state index is 4.08. The van der Waals surface area contributed by atoms with Crippen molar-refractivity contribution >= 4 is 0 Å². The lowest BCUT2D eigenvalue weighted by Gasteiger charge is -2.22. The molecule has 0 saturated carbocycles. The molecular weight excluding hydrogens is 188 g/mol. The highest BCUT2D eigenvalue weighted by atomic mass is 15.3. The van der Waals surface area contributed by atoms with Crippen LogP contribution in [0.1, 0.15) is 34.1 Å². The Hall–Kier alpha value is -0.900. The molecule has 86 valence electrons. The number of nitrogens with one attached hydrogen (secondary N) is 1. The number of aryl methyl sites for hydroxylation is 1. The van der Waals surface area contributed by atoms with Crippen molar-refractivity contribution in [3.63, 3.8) is 0 Å². The highest BCUT2D eigenvalue weighted by Crippen LogP contribution is 2.03. The summed E-state index contributed by atoms with van der Waals surface area (Å²) in [6.07, 6.45) is 4.42. The molecule has 0 spiro atoms. The quantitative estimate of drug-likeness (QED) is 0.777. The third-order valence-corrected chi connectivity index (χ3v) is 2.81. The van der Waals surface area contributed by atoms with E-state index in [0.29, 0.717) is 18.0 Å². The van der Waals surface area contributed by atoms with Crippen molar-refractivity contribution < 1.29 is 0 Å². The van der Waals surface area contributed by atoms with Crippen LogP contribution in [-0.2, 0) is 6.54 Å². The van der Waals surface area contributed by atoms with Crippen LogP contribution in [0.25, 0.3) is 0 Å². The van der Waals surface area contributed by atoms with Gasteiger partial charge in [0.05, 0.1) is 0 Å². The predicted molar refractivity (Wildman–Crippen MR) is 61.5 cm³/mol. The van der Waals surface area contributed by atoms with Gasteiger partial charge in [0.25, 0.3) is 0 Å². The molecule has 0 fully saturated rings. The lowest BCUT2D eigenvalue weighted by Crippen LogP contribution is -2.38. The third-order valence-electron chi connectivity index (χ3n) is 2.81. The van der Waals surface area contributed by atoms with E-state index in [1.54, 1.807) is 12.7 Å². The fraction of sp³-hybridized carbons (Fsp3) is 0.818. The van der Waals surface area contributed by atoms with Gasteiger partial charge in [0.2, 0.25) is 0 Å². The molecule has 1 aromatic rings. The first-order valence-corrected chi connectivity index (χ1v) is 5.68. The summed E-state index contributed by atoms with van der Waals surface area (Å²) in [7, 11) is 0. The molecule has 0 amide bonds. The van der Waals surface area contributed by atoms with Gasteiger partial charge in [-0.15, -0.1) is 0 Å². The van der Waals surface area contributed by atoms with Crippen molar-refractivity contribution in [3.8, 4) is 0 Å². The van der Waals surface area contributed by atoms with Crippen molar-refractivity contribution in [1.29, 1.82) is 0 Å². The van der Waals surface area contributed by atoms with Gasteiger partial charge >= 0.3 is 0 Å². The zero-order chi connectivity index (χ0) is 11.3. The molecule has 1 aromatic heterocycles. The molecule has 4 nitrogen and oxygen atoms in total. The van der Waals surface area contributed by atoms with E-state index >= 15 is 0 Å². The maximum Gasteiger partial charge on any atom is 0.137 e. The van der Waals surface area contributed by atoms with Crippen molar-refractivity contribution in [3.05, 3.63) is 12.7 Å². The monoisotopic (exact) mass is 210 g/mol. The minimum atomic E-state index is 0.520. The topological polar surface area (TPSA) is 42.7 Å². The molecule has 1 N–H and O–H groups in total. The van der Waals surface area contributed by atoms with Crippen molar-refractivity contribution in [1.82, 2.24) is 20.1 Å². The van der Waals surface area contributed by atoms with E-state index in [9.17, 15) is 0 Å². The lowest BCUT2D eigenvalue weighted by atomic mass is 10.1. The fourth-order valence-corrected chi connectivity index (χ4v) is 1.40. The number of rotatable bonds is 6. The summed E-state index contributed by atoms with van der Waals surface area (Å²) in [4.78, 5) is 3.92. The highest BCUT2D eigenvalue weighted by Gasteiger charge is 2.10. The lowest BCUT2D eigenvalue weighted by molar-refractivity contribution is 0.359. The Bertz CT molecular complexity index is 256. The molecule has 0 aliphatic heterocycles. The van der Waals surface area contributed by atoms with Crippen LogP contribution in [0.15, 0.2) is 12.7 Å². The van der Waals surface area contributed by atoms with E-state index < -0.39 is 0 Å². The average molecular weight is 210 g/mol. The first-order chi connectivity index (χ1) is 7.09. The van der Waals surface area contributed by atoms with E-state index in [1.807, 2.05) is 4.68 Å². The zero-order valence-electron chi connectivity index (χ0n) is 10.1. The molecule has 0 saturated heterocycles. The van der Waals surface area contributed by atoms with E-state index in [0.717, 1.165) is 13.0 Å². The summed E-state index contributed by atoms with van der Waals surface area (Å²) in [5.74, 6) is 0.679. The molecule has 15 heavy (non-hydrogen) atoms. The number of nitrogens with zero attached hydrogens (tertiary/aromatic N) is 3. The Morgan fingerprint density at radius 3 is 2.53 bits per heavy atom. The van der Waals surface area contributed by atoms with Crippen LogP contribution in [0.4, 0.5) is 0 Å². The smallest absolute Gasteiger partial charge is 0.137 e. The molecular formula is C11H22N4. The van der Waals surface area contributed by atoms with Crippen LogP contribution >= 0.6 is 0 Å². The number of hydrogen-bond acceptors (Lipinski definition) is 3. The first kappa shape index (κ1) is 12.2. The average Bonchev–Trinajstić information content (AvgIpc) is 2.66. The normalized spacial score (nSPS) is 15.5. The minimum Gasteiger partial charge on any atom is -0.311 e. The van der Waals surface area contributed by atoms with Crippen LogP contribution in [0, 0.1) is 5.92 Å². The van der Waals surface area contributed by atoms with Gasteiger partial charge in [0.15, 0.2) is 0 Å². The molecule has 0 aliphatic rings. The highest BCUT2D eigenvalue weighted by molar-refractivity contribution is 4.70. The van der Waals surface area contributed by atoms with Crippen LogP contribution in [0.2, 0.25) is 0 Å². The Morgan fingerprint density at radius 1 is 1.27 bits per heavy atom. The Balaban J connectivity index is 2.21. The van der Waals surface area contributed by atoms with Gasteiger partial charge in [0, 0.05) is 18.6 Å². The van der Waals surface area contributed by atoms with Gasteiger partial charge < -0.3 is 5.32 Å². The van der Waals surface area contributed by atoms with Gasteiger partial charge in [-0.1, -0.05) is 13.8 Å². The fourth-order valence-electron chi connectivity index (χ4n) is 1.40. The largest absolute Gasteiger partial charge is 0.311 e. The Kier molecular flexibility index (Phi) is 4.75. The van der Waals surface area contributed by atoms with Gasteiger partial charge in [0.1, 0.15) is 12.7 Å². The van der Waals surface area contributed by atoms with Crippen molar-refractivity contribution in [2.24, 2.45) is 5.92 Å². The van der Waals surface area contributed by atoms with Gasteiger partial charge in [-0.05, 0) is 26.2 Å². The minimum absolute atomic E-state index is 0.520. The van der Waals surface area contributed by atoms with Crippen LogP contribution < -0.4 is 5.32 Å². The van der Waals surface area contributed by atoms with Crippen molar-refractivity contribution in [2.45, 2.75) is 52.7 Å². The summed E-state index contributed by atoms with van der Waals surface area (Å²) in [5.41, 5.74) is 0. The Morgan fingerprint density at radius 2 is 2.00 bits per heavy atom. The maximum atomic E-state index is 4.08. The first-order valence-electron chi connectivity index (χ1n) is 5.68. The molecule has 0 aliphatic carbocycles. The number of aromatic nitrogens is 3. The second kappa shape index (κ2) is 5.85. The summed E-state index contributed by atoms with van der Waals surface area (Å²) in [5, 5.41) is 7.66. The molecule has 0 radical (unpaired) electrons. The molecule has 2 atom stereocenters.